The summed E-state index contributed by atoms with van der Waals surface area (Å²) in [6.07, 6.45) is -0.168. The van der Waals surface area contributed by atoms with Crippen molar-refractivity contribution in [2.75, 3.05) is 0 Å². The summed E-state index contributed by atoms with van der Waals surface area (Å²) < 4.78 is 13.9. The van der Waals surface area contributed by atoms with Gasteiger partial charge in [0, 0.05) is 10.2 Å². The zero-order valence-electron chi connectivity index (χ0n) is 11.1. The Balaban J connectivity index is 2.21. The highest BCUT2D eigenvalue weighted by molar-refractivity contribution is 7.20. The van der Waals surface area contributed by atoms with Crippen molar-refractivity contribution < 1.29 is 19.1 Å². The van der Waals surface area contributed by atoms with E-state index in [0.717, 1.165) is 4.70 Å². The summed E-state index contributed by atoms with van der Waals surface area (Å²) in [6.45, 7) is 3.29. The molecule has 1 aromatic heterocycles. The number of rotatable bonds is 4. The van der Waals surface area contributed by atoms with Gasteiger partial charge in [0.05, 0.1) is 11.3 Å². The van der Waals surface area contributed by atoms with E-state index in [1.165, 1.54) is 23.5 Å². The van der Waals surface area contributed by atoms with Gasteiger partial charge in [0.1, 0.15) is 5.82 Å². The molecular weight excluding hydrogens is 281 g/mol. The summed E-state index contributed by atoms with van der Waals surface area (Å²) in [6, 6.07) is 5.93. The molecule has 0 spiro atoms. The zero-order valence-corrected chi connectivity index (χ0v) is 11.9. The SMILES string of the molecule is CC(C)(CC(=O)O)NC(=O)c1cc2cc(F)ccc2s1. The molecule has 20 heavy (non-hydrogen) atoms. The molecule has 1 aromatic carbocycles. The Morgan fingerprint density at radius 2 is 2.05 bits per heavy atom. The quantitative estimate of drug-likeness (QED) is 0.911. The van der Waals surface area contributed by atoms with Crippen molar-refractivity contribution >= 4 is 33.3 Å². The van der Waals surface area contributed by atoms with Crippen LogP contribution in [0.25, 0.3) is 10.1 Å². The third-order valence-corrected chi connectivity index (χ3v) is 3.86. The Kier molecular flexibility index (Phi) is 3.76. The molecule has 0 aliphatic carbocycles. The van der Waals surface area contributed by atoms with Crippen molar-refractivity contribution in [3.8, 4) is 0 Å². The molecule has 4 nitrogen and oxygen atoms in total. The molecule has 2 rings (SSSR count). The molecule has 1 amide bonds. The second-order valence-electron chi connectivity index (χ2n) is 5.20. The van der Waals surface area contributed by atoms with Gasteiger partial charge in [0.2, 0.25) is 0 Å². The zero-order chi connectivity index (χ0) is 14.9. The van der Waals surface area contributed by atoms with Crippen molar-refractivity contribution in [1.82, 2.24) is 5.32 Å². The monoisotopic (exact) mass is 295 g/mol. The average Bonchev–Trinajstić information content (AvgIpc) is 2.69. The van der Waals surface area contributed by atoms with Gasteiger partial charge in [-0.1, -0.05) is 0 Å². The van der Waals surface area contributed by atoms with Gasteiger partial charge in [-0.05, 0) is 43.5 Å². The molecule has 0 fully saturated rings. The summed E-state index contributed by atoms with van der Waals surface area (Å²) in [5.41, 5.74) is -0.843. The molecule has 0 atom stereocenters. The van der Waals surface area contributed by atoms with E-state index < -0.39 is 11.5 Å². The standard InChI is InChI=1S/C14H14FNO3S/c1-14(2,7-12(17)18)16-13(19)11-6-8-5-9(15)3-4-10(8)20-11/h3-6H,7H2,1-2H3,(H,16,19)(H,17,18). The average molecular weight is 295 g/mol. The fourth-order valence-electron chi connectivity index (χ4n) is 1.92. The van der Waals surface area contributed by atoms with Gasteiger partial charge in [-0.2, -0.15) is 0 Å². The molecule has 106 valence electrons. The minimum absolute atomic E-state index is 0.168. The van der Waals surface area contributed by atoms with Gasteiger partial charge in [0.15, 0.2) is 0 Å². The Labute approximate surface area is 119 Å². The molecule has 2 aromatic rings. The van der Waals surface area contributed by atoms with Crippen LogP contribution in [-0.4, -0.2) is 22.5 Å². The minimum Gasteiger partial charge on any atom is -0.481 e. The number of carbonyl (C=O) groups is 2. The number of carboxylic acid groups (broad SMARTS) is 1. The van der Waals surface area contributed by atoms with E-state index in [4.69, 9.17) is 5.11 Å². The van der Waals surface area contributed by atoms with Crippen LogP contribution in [0.4, 0.5) is 4.39 Å². The molecule has 0 bridgehead atoms. The highest BCUT2D eigenvalue weighted by Crippen LogP contribution is 2.26. The minimum atomic E-state index is -0.978. The summed E-state index contributed by atoms with van der Waals surface area (Å²) in [5.74, 6) is -1.68. The van der Waals surface area contributed by atoms with Gasteiger partial charge in [-0.15, -0.1) is 11.3 Å². The van der Waals surface area contributed by atoms with E-state index in [9.17, 15) is 14.0 Å². The largest absolute Gasteiger partial charge is 0.481 e. The summed E-state index contributed by atoms with van der Waals surface area (Å²) in [4.78, 5) is 23.3. The first kappa shape index (κ1) is 14.5. The van der Waals surface area contributed by atoms with Crippen molar-refractivity contribution in [3.63, 3.8) is 0 Å². The number of halogens is 1. The predicted molar refractivity (Wildman–Crippen MR) is 75.6 cm³/mol. The van der Waals surface area contributed by atoms with Crippen LogP contribution < -0.4 is 5.32 Å². The maximum atomic E-state index is 13.1. The Morgan fingerprint density at radius 1 is 1.35 bits per heavy atom. The fourth-order valence-corrected chi connectivity index (χ4v) is 2.86. The fraction of sp³-hybridized carbons (Fsp3) is 0.286. The second kappa shape index (κ2) is 5.20. The van der Waals surface area contributed by atoms with E-state index >= 15 is 0 Å². The first-order valence-corrected chi connectivity index (χ1v) is 6.82. The number of carboxylic acids is 1. The van der Waals surface area contributed by atoms with Crippen LogP contribution in [-0.2, 0) is 4.79 Å². The van der Waals surface area contributed by atoms with Crippen LogP contribution in [0.3, 0.4) is 0 Å². The number of benzene rings is 1. The van der Waals surface area contributed by atoms with Gasteiger partial charge in [-0.25, -0.2) is 4.39 Å². The molecule has 0 saturated carbocycles. The van der Waals surface area contributed by atoms with E-state index in [1.807, 2.05) is 0 Å². The van der Waals surface area contributed by atoms with Crippen molar-refractivity contribution in [2.24, 2.45) is 0 Å². The molecule has 6 heteroatoms. The molecule has 0 aliphatic heterocycles. The van der Waals surface area contributed by atoms with Crippen LogP contribution in [0, 0.1) is 5.82 Å². The number of thiophene rings is 1. The maximum absolute atomic E-state index is 13.1. The van der Waals surface area contributed by atoms with Crippen LogP contribution in [0.1, 0.15) is 29.9 Å². The molecular formula is C14H14FNO3S. The van der Waals surface area contributed by atoms with Gasteiger partial charge < -0.3 is 10.4 Å². The van der Waals surface area contributed by atoms with Gasteiger partial charge in [0.25, 0.3) is 5.91 Å². The Morgan fingerprint density at radius 3 is 2.70 bits per heavy atom. The Hall–Kier alpha value is -1.95. The summed E-state index contributed by atoms with van der Waals surface area (Å²) in [7, 11) is 0. The van der Waals surface area contributed by atoms with Crippen LogP contribution >= 0.6 is 11.3 Å². The number of hydrogen-bond acceptors (Lipinski definition) is 3. The number of nitrogens with one attached hydrogen (secondary N) is 1. The van der Waals surface area contributed by atoms with Crippen LogP contribution in [0.2, 0.25) is 0 Å². The lowest BCUT2D eigenvalue weighted by Gasteiger charge is -2.23. The summed E-state index contributed by atoms with van der Waals surface area (Å²) in [5, 5.41) is 12.1. The highest BCUT2D eigenvalue weighted by atomic mass is 32.1. The third-order valence-electron chi connectivity index (χ3n) is 2.75. The highest BCUT2D eigenvalue weighted by Gasteiger charge is 2.25. The third kappa shape index (κ3) is 3.33. The van der Waals surface area contributed by atoms with Crippen LogP contribution in [0.5, 0.6) is 0 Å². The van der Waals surface area contributed by atoms with E-state index in [2.05, 4.69) is 5.32 Å². The van der Waals surface area contributed by atoms with E-state index in [0.29, 0.717) is 10.3 Å². The number of amides is 1. The van der Waals surface area contributed by atoms with Crippen molar-refractivity contribution in [1.29, 1.82) is 0 Å². The van der Waals surface area contributed by atoms with E-state index in [1.54, 1.807) is 26.0 Å². The molecule has 0 radical (unpaired) electrons. The number of fused-ring (bicyclic) bond motifs is 1. The van der Waals surface area contributed by atoms with Crippen molar-refractivity contribution in [3.05, 3.63) is 35.0 Å². The Bertz CT molecular complexity index is 678. The van der Waals surface area contributed by atoms with E-state index in [-0.39, 0.29) is 18.1 Å². The van der Waals surface area contributed by atoms with Crippen LogP contribution in [0.15, 0.2) is 24.3 Å². The smallest absolute Gasteiger partial charge is 0.305 e. The molecule has 0 unspecified atom stereocenters. The first-order chi connectivity index (χ1) is 9.27. The number of aliphatic carboxylic acids is 1. The first-order valence-electron chi connectivity index (χ1n) is 6.00. The molecule has 0 aliphatic rings. The van der Waals surface area contributed by atoms with Crippen molar-refractivity contribution in [2.45, 2.75) is 25.8 Å². The second-order valence-corrected chi connectivity index (χ2v) is 6.29. The number of hydrogen-bond donors (Lipinski definition) is 2. The molecule has 1 heterocycles. The molecule has 2 N–H and O–H groups in total. The summed E-state index contributed by atoms with van der Waals surface area (Å²) >= 11 is 1.25. The maximum Gasteiger partial charge on any atom is 0.305 e. The lowest BCUT2D eigenvalue weighted by atomic mass is 10.0. The lowest BCUT2D eigenvalue weighted by molar-refractivity contribution is -0.138. The van der Waals surface area contributed by atoms with Gasteiger partial charge >= 0.3 is 5.97 Å². The number of carbonyl (C=O) groups excluding carboxylic acids is 1. The topological polar surface area (TPSA) is 66.4 Å². The normalized spacial score (nSPS) is 11.6. The molecule has 0 saturated heterocycles. The predicted octanol–water partition coefficient (Wildman–Crippen LogP) is 3.02. The van der Waals surface area contributed by atoms with Gasteiger partial charge in [-0.3, -0.25) is 9.59 Å². The lowest BCUT2D eigenvalue weighted by Crippen LogP contribution is -2.44.